The van der Waals surface area contributed by atoms with Crippen LogP contribution in [0.2, 0.25) is 0 Å². The Morgan fingerprint density at radius 3 is 2.00 bits per heavy atom. The molecule has 0 aromatic heterocycles. The molecule has 0 radical (unpaired) electrons. The molecule has 0 nitrogen and oxygen atoms in total. The van der Waals surface area contributed by atoms with E-state index < -0.39 is 0 Å². The Labute approximate surface area is 94.8 Å². The molecular formula is C15H26. The summed E-state index contributed by atoms with van der Waals surface area (Å²) in [5.74, 6) is 2.21. The van der Waals surface area contributed by atoms with Crippen LogP contribution in [0.1, 0.15) is 66.2 Å². The zero-order valence-corrected chi connectivity index (χ0v) is 10.9. The maximum Gasteiger partial charge on any atom is -0.0210 e. The van der Waals surface area contributed by atoms with E-state index >= 15 is 0 Å². The van der Waals surface area contributed by atoms with Crippen molar-refractivity contribution in [3.63, 3.8) is 0 Å². The van der Waals surface area contributed by atoms with E-state index in [2.05, 4.69) is 27.7 Å². The minimum absolute atomic E-state index is 0.558. The highest BCUT2D eigenvalue weighted by atomic mass is 14.7. The van der Waals surface area contributed by atoms with Gasteiger partial charge in [-0.1, -0.05) is 27.7 Å². The molecule has 1 atom stereocenters. The van der Waals surface area contributed by atoms with Gasteiger partial charge < -0.3 is 0 Å². The summed E-state index contributed by atoms with van der Waals surface area (Å²) in [5, 5.41) is 0. The highest BCUT2D eigenvalue weighted by molar-refractivity contribution is 5.14. The van der Waals surface area contributed by atoms with E-state index in [0.717, 1.165) is 17.3 Å². The van der Waals surface area contributed by atoms with Crippen LogP contribution in [-0.2, 0) is 0 Å². The van der Waals surface area contributed by atoms with Crippen molar-refractivity contribution in [2.75, 3.05) is 0 Å². The van der Waals surface area contributed by atoms with Gasteiger partial charge in [0.1, 0.15) is 0 Å². The molecule has 0 aromatic rings. The van der Waals surface area contributed by atoms with Gasteiger partial charge in [-0.25, -0.2) is 0 Å². The number of rotatable bonds is 0. The summed E-state index contributed by atoms with van der Waals surface area (Å²) in [6.45, 7) is 10.2. The molecular weight excluding hydrogens is 180 g/mol. The van der Waals surface area contributed by atoms with Gasteiger partial charge in [-0.15, -0.1) is 0 Å². The standard InChI is InChI=1S/C15H26/c1-13(2)8-7-12-11-5-9-15(12,10-6-11)14(13,3)4/h11-12H,5-10H2,1-4H3. The summed E-state index contributed by atoms with van der Waals surface area (Å²) in [5.41, 5.74) is 1.86. The summed E-state index contributed by atoms with van der Waals surface area (Å²) >= 11 is 0. The molecule has 2 bridgehead atoms. The lowest BCUT2D eigenvalue weighted by molar-refractivity contribution is -0.105. The van der Waals surface area contributed by atoms with Gasteiger partial charge in [0.25, 0.3) is 0 Å². The summed E-state index contributed by atoms with van der Waals surface area (Å²) in [7, 11) is 0. The van der Waals surface area contributed by atoms with Crippen LogP contribution in [0, 0.1) is 28.1 Å². The van der Waals surface area contributed by atoms with Gasteiger partial charge in [0.2, 0.25) is 0 Å². The summed E-state index contributed by atoms with van der Waals surface area (Å²) in [4.78, 5) is 0. The third-order valence-electron chi connectivity index (χ3n) is 7.22. The Bertz CT molecular complexity index is 276. The first kappa shape index (κ1) is 10.2. The zero-order chi connectivity index (χ0) is 10.9. The normalized spacial score (nSPS) is 50.4. The molecule has 0 aliphatic heterocycles. The Morgan fingerprint density at radius 1 is 0.800 bits per heavy atom. The van der Waals surface area contributed by atoms with Crippen molar-refractivity contribution in [3.05, 3.63) is 0 Å². The van der Waals surface area contributed by atoms with E-state index in [4.69, 9.17) is 0 Å². The van der Waals surface area contributed by atoms with Crippen LogP contribution in [0.3, 0.4) is 0 Å². The molecule has 3 aliphatic rings. The fraction of sp³-hybridized carbons (Fsp3) is 1.00. The number of hydrogen-bond donors (Lipinski definition) is 0. The van der Waals surface area contributed by atoms with Gasteiger partial charge in [0.15, 0.2) is 0 Å². The molecule has 0 saturated heterocycles. The van der Waals surface area contributed by atoms with Crippen LogP contribution >= 0.6 is 0 Å². The molecule has 0 aromatic carbocycles. The first-order valence-electron chi connectivity index (χ1n) is 6.91. The van der Waals surface area contributed by atoms with E-state index in [1.807, 2.05) is 0 Å². The van der Waals surface area contributed by atoms with Crippen molar-refractivity contribution < 1.29 is 0 Å². The van der Waals surface area contributed by atoms with Crippen molar-refractivity contribution in [2.45, 2.75) is 66.2 Å². The molecule has 1 unspecified atom stereocenters. The van der Waals surface area contributed by atoms with Crippen LogP contribution in [0.15, 0.2) is 0 Å². The first-order valence-corrected chi connectivity index (χ1v) is 6.91. The van der Waals surface area contributed by atoms with Crippen LogP contribution in [0.25, 0.3) is 0 Å². The second-order valence-electron chi connectivity index (χ2n) is 7.65. The topological polar surface area (TPSA) is 0 Å². The van der Waals surface area contributed by atoms with E-state index in [1.54, 1.807) is 25.7 Å². The summed E-state index contributed by atoms with van der Waals surface area (Å²) < 4.78 is 0. The van der Waals surface area contributed by atoms with Crippen molar-refractivity contribution in [1.29, 1.82) is 0 Å². The maximum absolute atomic E-state index is 2.58. The molecule has 0 heteroatoms. The molecule has 3 fully saturated rings. The SMILES string of the molecule is CC1(C)CCC2C3CCC2(CC3)C1(C)C. The van der Waals surface area contributed by atoms with Gasteiger partial charge >= 0.3 is 0 Å². The highest BCUT2D eigenvalue weighted by Crippen LogP contribution is 2.74. The van der Waals surface area contributed by atoms with E-state index in [1.165, 1.54) is 12.8 Å². The highest BCUT2D eigenvalue weighted by Gasteiger charge is 2.65. The van der Waals surface area contributed by atoms with Crippen molar-refractivity contribution >= 4 is 0 Å². The first-order chi connectivity index (χ1) is 6.91. The lowest BCUT2D eigenvalue weighted by atomic mass is 9.45. The second-order valence-corrected chi connectivity index (χ2v) is 7.65. The van der Waals surface area contributed by atoms with Crippen molar-refractivity contribution in [3.8, 4) is 0 Å². The summed E-state index contributed by atoms with van der Waals surface area (Å²) in [6.07, 6.45) is 9.16. The van der Waals surface area contributed by atoms with Gasteiger partial charge in [0, 0.05) is 0 Å². The monoisotopic (exact) mass is 206 g/mol. The lowest BCUT2D eigenvalue weighted by Gasteiger charge is -2.59. The van der Waals surface area contributed by atoms with E-state index in [-0.39, 0.29) is 0 Å². The van der Waals surface area contributed by atoms with Crippen molar-refractivity contribution in [1.82, 2.24) is 0 Å². The lowest BCUT2D eigenvalue weighted by Crippen LogP contribution is -2.52. The quantitative estimate of drug-likeness (QED) is 0.541. The molecule has 86 valence electrons. The van der Waals surface area contributed by atoms with E-state index in [9.17, 15) is 0 Å². The van der Waals surface area contributed by atoms with Crippen LogP contribution in [-0.4, -0.2) is 0 Å². The van der Waals surface area contributed by atoms with Gasteiger partial charge in [-0.3, -0.25) is 0 Å². The Balaban J connectivity index is 2.07. The van der Waals surface area contributed by atoms with Crippen molar-refractivity contribution in [2.24, 2.45) is 28.1 Å². The predicted octanol–water partition coefficient (Wildman–Crippen LogP) is 4.64. The molecule has 0 N–H and O–H groups in total. The fourth-order valence-corrected chi connectivity index (χ4v) is 5.48. The average Bonchev–Trinajstić information content (AvgIpc) is 2.69. The Hall–Kier alpha value is 0. The third kappa shape index (κ3) is 0.953. The molecule has 3 aliphatic carbocycles. The smallest absolute Gasteiger partial charge is 0.0210 e. The molecule has 3 rings (SSSR count). The summed E-state index contributed by atoms with van der Waals surface area (Å²) in [6, 6.07) is 0. The molecule has 0 spiro atoms. The molecule has 0 amide bonds. The molecule has 0 heterocycles. The second kappa shape index (κ2) is 2.63. The average molecular weight is 206 g/mol. The van der Waals surface area contributed by atoms with Gasteiger partial charge in [-0.05, 0) is 66.6 Å². The van der Waals surface area contributed by atoms with Gasteiger partial charge in [-0.2, -0.15) is 0 Å². The largest absolute Gasteiger partial charge is 0.0594 e. The predicted molar refractivity (Wildman–Crippen MR) is 64.7 cm³/mol. The molecule has 15 heavy (non-hydrogen) atoms. The van der Waals surface area contributed by atoms with Crippen LogP contribution in [0.5, 0.6) is 0 Å². The maximum atomic E-state index is 2.58. The van der Waals surface area contributed by atoms with E-state index in [0.29, 0.717) is 10.8 Å². The third-order valence-corrected chi connectivity index (χ3v) is 7.22. The Kier molecular flexibility index (Phi) is 1.78. The minimum Gasteiger partial charge on any atom is -0.0594 e. The number of hydrogen-bond acceptors (Lipinski definition) is 0. The fourth-order valence-electron chi connectivity index (χ4n) is 5.48. The Morgan fingerprint density at radius 2 is 1.40 bits per heavy atom. The minimum atomic E-state index is 0.558. The zero-order valence-electron chi connectivity index (χ0n) is 10.9. The van der Waals surface area contributed by atoms with Crippen LogP contribution < -0.4 is 0 Å². The van der Waals surface area contributed by atoms with Gasteiger partial charge in [0.05, 0.1) is 0 Å². The van der Waals surface area contributed by atoms with Crippen LogP contribution in [0.4, 0.5) is 0 Å². The molecule has 3 saturated carbocycles.